The number of methoxy groups -OCH3 is 1. The molecule has 0 bridgehead atoms. The Morgan fingerprint density at radius 3 is 2.09 bits per heavy atom. The third-order valence-corrected chi connectivity index (χ3v) is 4.65. The van der Waals surface area contributed by atoms with Crippen LogP contribution in [0, 0.1) is 0 Å². The molecule has 2 amide bonds. The minimum absolute atomic E-state index is 0.312. The summed E-state index contributed by atoms with van der Waals surface area (Å²) < 4.78 is 16.6. The number of rotatable bonds is 6. The lowest BCUT2D eigenvalue weighted by atomic mass is 9.92. The second-order valence-electron chi connectivity index (χ2n) is 8.79. The number of amides is 2. The largest absolute Gasteiger partial charge is 0.497 e. The lowest BCUT2D eigenvalue weighted by Crippen LogP contribution is -2.45. The molecule has 1 aliphatic rings. The molecule has 1 unspecified atom stereocenters. The SMILES string of the molecule is COc1ccc(C2=C(C(=O)OC(C)C)C(c3ccc(OC(C)(C)C)cc3)NC(=O)N2)cc1. The summed E-state index contributed by atoms with van der Waals surface area (Å²) in [4.78, 5) is 25.7. The van der Waals surface area contributed by atoms with Gasteiger partial charge in [-0.2, -0.15) is 0 Å². The van der Waals surface area contributed by atoms with Crippen molar-refractivity contribution in [2.45, 2.75) is 52.4 Å². The lowest BCUT2D eigenvalue weighted by Gasteiger charge is -2.30. The summed E-state index contributed by atoms with van der Waals surface area (Å²) in [6.45, 7) is 9.48. The average Bonchev–Trinajstić information content (AvgIpc) is 2.72. The van der Waals surface area contributed by atoms with Crippen LogP contribution in [-0.4, -0.2) is 30.8 Å². The van der Waals surface area contributed by atoms with E-state index in [1.807, 2.05) is 45.0 Å². The summed E-state index contributed by atoms with van der Waals surface area (Å²) in [5, 5.41) is 5.63. The molecule has 0 aromatic heterocycles. The molecule has 170 valence electrons. The second kappa shape index (κ2) is 9.34. The number of ether oxygens (including phenoxy) is 3. The number of urea groups is 1. The molecular weight excluding hydrogens is 408 g/mol. The van der Waals surface area contributed by atoms with Gasteiger partial charge < -0.3 is 24.8 Å². The molecule has 3 rings (SSSR count). The predicted octanol–water partition coefficient (Wildman–Crippen LogP) is 4.59. The summed E-state index contributed by atoms with van der Waals surface area (Å²) in [7, 11) is 1.58. The topological polar surface area (TPSA) is 85.9 Å². The number of benzene rings is 2. The van der Waals surface area contributed by atoms with Crippen LogP contribution in [0.15, 0.2) is 54.1 Å². The Balaban J connectivity index is 2.07. The van der Waals surface area contributed by atoms with E-state index in [2.05, 4.69) is 10.6 Å². The summed E-state index contributed by atoms with van der Waals surface area (Å²) in [6, 6.07) is 13.4. The Labute approximate surface area is 188 Å². The minimum atomic E-state index is -0.684. The van der Waals surface area contributed by atoms with Crippen LogP contribution >= 0.6 is 0 Å². The fraction of sp³-hybridized carbons (Fsp3) is 0.360. The van der Waals surface area contributed by atoms with Crippen molar-refractivity contribution in [1.29, 1.82) is 0 Å². The number of esters is 1. The zero-order valence-electron chi connectivity index (χ0n) is 19.3. The molecule has 0 radical (unpaired) electrons. The standard InChI is InChI=1S/C25H30N2O5/c1-15(2)31-23(28)20-21(16-7-11-18(30-6)12-8-16)26-24(29)27-22(20)17-9-13-19(14-10-17)32-25(3,4)5/h7-15,22H,1-6H3,(H2,26,27,29). The normalized spacial score (nSPS) is 16.3. The average molecular weight is 439 g/mol. The van der Waals surface area contributed by atoms with Crippen LogP contribution in [0.5, 0.6) is 11.5 Å². The molecule has 0 saturated heterocycles. The van der Waals surface area contributed by atoms with E-state index in [0.717, 1.165) is 5.56 Å². The highest BCUT2D eigenvalue weighted by atomic mass is 16.5. The molecule has 2 aromatic carbocycles. The molecule has 0 saturated carbocycles. The molecule has 2 N–H and O–H groups in total. The van der Waals surface area contributed by atoms with Gasteiger partial charge in [-0.25, -0.2) is 9.59 Å². The van der Waals surface area contributed by atoms with Crippen LogP contribution < -0.4 is 20.1 Å². The van der Waals surface area contributed by atoms with Gasteiger partial charge in [-0.15, -0.1) is 0 Å². The Bertz CT molecular complexity index is 1000. The van der Waals surface area contributed by atoms with E-state index in [1.54, 1.807) is 45.2 Å². The Kier molecular flexibility index (Phi) is 6.77. The lowest BCUT2D eigenvalue weighted by molar-refractivity contribution is -0.143. The number of carbonyl (C=O) groups excluding carboxylic acids is 2. The van der Waals surface area contributed by atoms with Gasteiger partial charge in [-0.3, -0.25) is 0 Å². The van der Waals surface area contributed by atoms with Crippen LogP contribution in [0.2, 0.25) is 0 Å². The van der Waals surface area contributed by atoms with E-state index in [0.29, 0.717) is 28.3 Å². The number of carbonyl (C=O) groups is 2. The van der Waals surface area contributed by atoms with Crippen molar-refractivity contribution in [2.75, 3.05) is 7.11 Å². The van der Waals surface area contributed by atoms with Crippen LogP contribution in [0.3, 0.4) is 0 Å². The van der Waals surface area contributed by atoms with E-state index >= 15 is 0 Å². The summed E-state index contributed by atoms with van der Waals surface area (Å²) in [6.07, 6.45) is -0.312. The van der Waals surface area contributed by atoms with Crippen molar-refractivity contribution in [2.24, 2.45) is 0 Å². The maximum absolute atomic E-state index is 13.1. The molecule has 32 heavy (non-hydrogen) atoms. The van der Waals surface area contributed by atoms with Crippen molar-refractivity contribution in [1.82, 2.24) is 10.6 Å². The Morgan fingerprint density at radius 2 is 1.56 bits per heavy atom. The molecule has 1 atom stereocenters. The van der Waals surface area contributed by atoms with Gasteiger partial charge >= 0.3 is 12.0 Å². The number of hydrogen-bond donors (Lipinski definition) is 2. The van der Waals surface area contributed by atoms with Crippen molar-refractivity contribution >= 4 is 17.7 Å². The van der Waals surface area contributed by atoms with Gasteiger partial charge in [-0.05, 0) is 82.1 Å². The highest BCUT2D eigenvalue weighted by molar-refractivity contribution is 6.04. The zero-order chi connectivity index (χ0) is 23.5. The van der Waals surface area contributed by atoms with Crippen molar-refractivity contribution < 1.29 is 23.8 Å². The first-order valence-corrected chi connectivity index (χ1v) is 10.5. The van der Waals surface area contributed by atoms with E-state index in [-0.39, 0.29) is 11.7 Å². The fourth-order valence-electron chi connectivity index (χ4n) is 3.38. The van der Waals surface area contributed by atoms with Crippen LogP contribution in [0.1, 0.15) is 51.8 Å². The van der Waals surface area contributed by atoms with E-state index in [9.17, 15) is 9.59 Å². The maximum Gasteiger partial charge on any atom is 0.338 e. The highest BCUT2D eigenvalue weighted by Crippen LogP contribution is 2.33. The van der Waals surface area contributed by atoms with Gasteiger partial charge in [0.15, 0.2) is 0 Å². The van der Waals surface area contributed by atoms with Crippen molar-refractivity contribution in [3.63, 3.8) is 0 Å². The first kappa shape index (κ1) is 23.2. The summed E-state index contributed by atoms with van der Waals surface area (Å²) in [5.41, 5.74) is 1.81. The minimum Gasteiger partial charge on any atom is -0.497 e. The quantitative estimate of drug-likeness (QED) is 0.645. The maximum atomic E-state index is 13.1. The molecule has 0 fully saturated rings. The number of hydrogen-bond acceptors (Lipinski definition) is 5. The highest BCUT2D eigenvalue weighted by Gasteiger charge is 2.35. The second-order valence-corrected chi connectivity index (χ2v) is 8.79. The molecule has 1 heterocycles. The van der Waals surface area contributed by atoms with Crippen LogP contribution in [0.25, 0.3) is 5.70 Å². The van der Waals surface area contributed by atoms with Crippen LogP contribution in [-0.2, 0) is 9.53 Å². The molecular formula is C25H30N2O5. The van der Waals surface area contributed by atoms with Crippen molar-refractivity contribution in [3.8, 4) is 11.5 Å². The molecule has 7 heteroatoms. The van der Waals surface area contributed by atoms with Gasteiger partial charge in [-0.1, -0.05) is 12.1 Å². The third kappa shape index (κ3) is 5.60. The van der Waals surface area contributed by atoms with E-state index in [4.69, 9.17) is 14.2 Å². The smallest absolute Gasteiger partial charge is 0.338 e. The Morgan fingerprint density at radius 1 is 0.969 bits per heavy atom. The molecule has 2 aromatic rings. The third-order valence-electron chi connectivity index (χ3n) is 4.65. The first-order valence-electron chi connectivity index (χ1n) is 10.5. The molecule has 0 aliphatic carbocycles. The first-order chi connectivity index (χ1) is 15.1. The molecule has 1 aliphatic heterocycles. The number of nitrogens with one attached hydrogen (secondary N) is 2. The fourth-order valence-corrected chi connectivity index (χ4v) is 3.38. The van der Waals surface area contributed by atoms with Gasteiger partial charge in [0.25, 0.3) is 0 Å². The van der Waals surface area contributed by atoms with Crippen LogP contribution in [0.4, 0.5) is 4.79 Å². The van der Waals surface area contributed by atoms with E-state index < -0.39 is 18.0 Å². The zero-order valence-corrected chi connectivity index (χ0v) is 19.3. The van der Waals surface area contributed by atoms with Crippen molar-refractivity contribution in [3.05, 3.63) is 65.2 Å². The van der Waals surface area contributed by atoms with Gasteiger partial charge in [0, 0.05) is 0 Å². The predicted molar refractivity (Wildman–Crippen MR) is 122 cm³/mol. The summed E-state index contributed by atoms with van der Waals surface area (Å²) >= 11 is 0. The molecule has 7 nitrogen and oxygen atoms in total. The van der Waals surface area contributed by atoms with Gasteiger partial charge in [0.2, 0.25) is 0 Å². The monoisotopic (exact) mass is 438 g/mol. The summed E-state index contributed by atoms with van der Waals surface area (Å²) in [5.74, 6) is 0.873. The Hall–Kier alpha value is -3.48. The van der Waals surface area contributed by atoms with Gasteiger partial charge in [0.05, 0.1) is 30.5 Å². The van der Waals surface area contributed by atoms with Gasteiger partial charge in [0.1, 0.15) is 17.1 Å². The van der Waals surface area contributed by atoms with E-state index in [1.165, 1.54) is 0 Å². The molecule has 0 spiro atoms.